The zero-order valence-electron chi connectivity index (χ0n) is 11.3. The number of carbonyl (C=O) groups is 1. The van der Waals surface area contributed by atoms with Crippen LogP contribution in [0.5, 0.6) is 5.75 Å². The molecule has 0 bridgehead atoms. The van der Waals surface area contributed by atoms with Crippen LogP contribution in [0.2, 0.25) is 0 Å². The summed E-state index contributed by atoms with van der Waals surface area (Å²) in [5.74, 6) is 0.648. The maximum absolute atomic E-state index is 11.3. The summed E-state index contributed by atoms with van der Waals surface area (Å²) in [7, 11) is 2.09. The predicted octanol–water partition coefficient (Wildman–Crippen LogP) is 1.19. The number of hydrogen-bond acceptors (Lipinski definition) is 4. The normalized spacial score (nSPS) is 13.9. The van der Waals surface area contributed by atoms with Gasteiger partial charge < -0.3 is 20.7 Å². The molecule has 0 atom stereocenters. The monoisotopic (exact) mass is 263 g/mol. The third-order valence-electron chi connectivity index (χ3n) is 3.12. The van der Waals surface area contributed by atoms with Crippen LogP contribution in [0, 0.1) is 0 Å². The summed E-state index contributed by atoms with van der Waals surface area (Å²) < 4.78 is 5.34. The van der Waals surface area contributed by atoms with E-state index in [9.17, 15) is 4.79 Å². The van der Waals surface area contributed by atoms with Gasteiger partial charge in [-0.15, -0.1) is 0 Å². The van der Waals surface area contributed by atoms with Gasteiger partial charge in [0.25, 0.3) is 5.91 Å². The number of amides is 1. The van der Waals surface area contributed by atoms with Crippen LogP contribution in [-0.2, 0) is 11.3 Å². The molecule has 0 aromatic heterocycles. The highest BCUT2D eigenvalue weighted by molar-refractivity contribution is 5.95. The van der Waals surface area contributed by atoms with Crippen molar-refractivity contribution in [3.05, 3.63) is 23.8 Å². The standard InChI is InChI=1S/C14H21N3O2/c1-17(7-3-2-6-15)9-11-4-5-13-12(8-11)16-14(18)10-19-13/h4-5,8H,2-3,6-7,9-10,15H2,1H3,(H,16,18). The zero-order chi connectivity index (χ0) is 13.7. The molecule has 3 N–H and O–H groups in total. The number of nitrogens with one attached hydrogen (secondary N) is 1. The van der Waals surface area contributed by atoms with E-state index < -0.39 is 0 Å². The van der Waals surface area contributed by atoms with Crippen molar-refractivity contribution in [2.24, 2.45) is 5.73 Å². The Kier molecular flexibility index (Phi) is 4.76. The van der Waals surface area contributed by atoms with Crippen LogP contribution >= 0.6 is 0 Å². The molecule has 5 nitrogen and oxygen atoms in total. The minimum Gasteiger partial charge on any atom is -0.482 e. The molecule has 1 amide bonds. The first-order valence-corrected chi connectivity index (χ1v) is 6.63. The summed E-state index contributed by atoms with van der Waals surface area (Å²) in [6.45, 7) is 2.73. The maximum Gasteiger partial charge on any atom is 0.262 e. The second kappa shape index (κ2) is 6.54. The molecule has 1 heterocycles. The number of hydrogen-bond donors (Lipinski definition) is 2. The fourth-order valence-electron chi connectivity index (χ4n) is 2.15. The zero-order valence-corrected chi connectivity index (χ0v) is 11.3. The van der Waals surface area contributed by atoms with E-state index in [1.165, 1.54) is 5.56 Å². The first-order valence-electron chi connectivity index (χ1n) is 6.63. The summed E-state index contributed by atoms with van der Waals surface area (Å²) in [5, 5.41) is 2.83. The lowest BCUT2D eigenvalue weighted by Gasteiger charge is -2.20. The van der Waals surface area contributed by atoms with E-state index in [1.54, 1.807) is 0 Å². The van der Waals surface area contributed by atoms with Crippen molar-refractivity contribution in [2.45, 2.75) is 19.4 Å². The number of benzene rings is 1. The Morgan fingerprint density at radius 3 is 3.05 bits per heavy atom. The van der Waals surface area contributed by atoms with Gasteiger partial charge in [-0.3, -0.25) is 4.79 Å². The molecule has 0 fully saturated rings. The van der Waals surface area contributed by atoms with Crippen molar-refractivity contribution in [2.75, 3.05) is 32.1 Å². The summed E-state index contributed by atoms with van der Waals surface area (Å²) in [5.41, 5.74) is 7.42. The number of anilines is 1. The number of unbranched alkanes of at least 4 members (excludes halogenated alkanes) is 1. The molecule has 0 radical (unpaired) electrons. The highest BCUT2D eigenvalue weighted by Gasteiger charge is 2.16. The van der Waals surface area contributed by atoms with Crippen molar-refractivity contribution in [1.82, 2.24) is 4.90 Å². The first kappa shape index (κ1) is 13.8. The van der Waals surface area contributed by atoms with E-state index in [0.717, 1.165) is 43.9 Å². The first-order chi connectivity index (χ1) is 9.19. The van der Waals surface area contributed by atoms with Gasteiger partial charge in [0.15, 0.2) is 6.61 Å². The summed E-state index contributed by atoms with van der Waals surface area (Å²) >= 11 is 0. The molecule has 19 heavy (non-hydrogen) atoms. The van der Waals surface area contributed by atoms with Crippen LogP contribution in [0.3, 0.4) is 0 Å². The van der Waals surface area contributed by atoms with E-state index in [4.69, 9.17) is 10.5 Å². The fraction of sp³-hybridized carbons (Fsp3) is 0.500. The number of nitrogens with two attached hydrogens (primary N) is 1. The predicted molar refractivity (Wildman–Crippen MR) is 75.2 cm³/mol. The van der Waals surface area contributed by atoms with Gasteiger partial charge in [0, 0.05) is 6.54 Å². The Morgan fingerprint density at radius 2 is 2.26 bits per heavy atom. The fourth-order valence-corrected chi connectivity index (χ4v) is 2.15. The summed E-state index contributed by atoms with van der Waals surface area (Å²) in [6, 6.07) is 5.93. The van der Waals surface area contributed by atoms with E-state index in [2.05, 4.69) is 17.3 Å². The van der Waals surface area contributed by atoms with Gasteiger partial charge in [-0.05, 0) is 50.7 Å². The molecule has 1 aliphatic heterocycles. The lowest BCUT2D eigenvalue weighted by Crippen LogP contribution is -2.25. The van der Waals surface area contributed by atoms with Crippen molar-refractivity contribution in [3.63, 3.8) is 0 Å². The van der Waals surface area contributed by atoms with Gasteiger partial charge in [0.1, 0.15) is 5.75 Å². The number of rotatable bonds is 6. The molecular weight excluding hydrogens is 242 g/mol. The molecule has 1 aromatic rings. The van der Waals surface area contributed by atoms with E-state index in [1.807, 2.05) is 18.2 Å². The molecular formula is C14H21N3O2. The lowest BCUT2D eigenvalue weighted by atomic mass is 10.1. The molecule has 0 aliphatic carbocycles. The second-order valence-electron chi connectivity index (χ2n) is 4.90. The van der Waals surface area contributed by atoms with Crippen LogP contribution in [0.4, 0.5) is 5.69 Å². The van der Waals surface area contributed by atoms with E-state index in [-0.39, 0.29) is 12.5 Å². The smallest absolute Gasteiger partial charge is 0.262 e. The molecule has 0 saturated heterocycles. The highest BCUT2D eigenvalue weighted by Crippen LogP contribution is 2.28. The Labute approximate surface area is 113 Å². The molecule has 104 valence electrons. The molecule has 0 unspecified atom stereocenters. The van der Waals surface area contributed by atoms with E-state index >= 15 is 0 Å². The molecule has 0 saturated carbocycles. The van der Waals surface area contributed by atoms with Gasteiger partial charge in [-0.1, -0.05) is 6.07 Å². The number of nitrogens with zero attached hydrogens (tertiary/aromatic N) is 1. The van der Waals surface area contributed by atoms with Crippen LogP contribution in [0.15, 0.2) is 18.2 Å². The van der Waals surface area contributed by atoms with Crippen molar-refractivity contribution < 1.29 is 9.53 Å². The average molecular weight is 263 g/mol. The second-order valence-corrected chi connectivity index (χ2v) is 4.90. The van der Waals surface area contributed by atoms with Gasteiger partial charge in [0.2, 0.25) is 0 Å². The number of ether oxygens (including phenoxy) is 1. The van der Waals surface area contributed by atoms with Crippen LogP contribution < -0.4 is 15.8 Å². The summed E-state index contributed by atoms with van der Waals surface area (Å²) in [6.07, 6.45) is 2.16. The molecule has 2 rings (SSSR count). The van der Waals surface area contributed by atoms with Crippen molar-refractivity contribution in [1.29, 1.82) is 0 Å². The summed E-state index contributed by atoms with van der Waals surface area (Å²) in [4.78, 5) is 13.5. The van der Waals surface area contributed by atoms with Gasteiger partial charge in [-0.25, -0.2) is 0 Å². The van der Waals surface area contributed by atoms with Crippen LogP contribution in [0.1, 0.15) is 18.4 Å². The maximum atomic E-state index is 11.3. The molecule has 0 spiro atoms. The Hall–Kier alpha value is -1.59. The minimum atomic E-state index is -0.0963. The largest absolute Gasteiger partial charge is 0.482 e. The Balaban J connectivity index is 1.94. The van der Waals surface area contributed by atoms with E-state index in [0.29, 0.717) is 0 Å². The Bertz CT molecular complexity index is 448. The lowest BCUT2D eigenvalue weighted by molar-refractivity contribution is -0.118. The molecule has 1 aliphatic rings. The Morgan fingerprint density at radius 1 is 1.42 bits per heavy atom. The average Bonchev–Trinajstić information content (AvgIpc) is 2.38. The van der Waals surface area contributed by atoms with Gasteiger partial charge in [0.05, 0.1) is 5.69 Å². The third-order valence-corrected chi connectivity index (χ3v) is 3.12. The van der Waals surface area contributed by atoms with Gasteiger partial charge in [-0.2, -0.15) is 0 Å². The third kappa shape index (κ3) is 3.94. The number of fused-ring (bicyclic) bond motifs is 1. The van der Waals surface area contributed by atoms with Gasteiger partial charge >= 0.3 is 0 Å². The van der Waals surface area contributed by atoms with Crippen molar-refractivity contribution in [3.8, 4) is 5.75 Å². The molecule has 1 aromatic carbocycles. The van der Waals surface area contributed by atoms with Crippen molar-refractivity contribution >= 4 is 11.6 Å². The number of carbonyl (C=O) groups excluding carboxylic acids is 1. The SMILES string of the molecule is CN(CCCCN)Cc1ccc2c(c1)NC(=O)CO2. The van der Waals surface area contributed by atoms with Crippen LogP contribution in [0.25, 0.3) is 0 Å². The quantitative estimate of drug-likeness (QED) is 0.757. The van der Waals surface area contributed by atoms with Crippen LogP contribution in [-0.4, -0.2) is 37.6 Å². The highest BCUT2D eigenvalue weighted by atomic mass is 16.5. The minimum absolute atomic E-state index is 0.0963. The topological polar surface area (TPSA) is 67.6 Å². The molecule has 5 heteroatoms.